The SMILES string of the molecule is COC(=O)C1=C(CN2CC3(C)[C@H](CO)C=CC[C@@]3(C)C2)NC(c2ncc(F)cc2F)=NC1.Fc1cccc(Cl)c1. The molecule has 2 N–H and O–H groups in total. The summed E-state index contributed by atoms with van der Waals surface area (Å²) in [5, 5.41) is 13.4. The van der Waals surface area contributed by atoms with E-state index in [4.69, 9.17) is 16.3 Å². The number of fused-ring (bicyclic) bond motifs is 1. The topological polar surface area (TPSA) is 87.0 Å². The minimum absolute atomic E-state index is 0.00598. The second kappa shape index (κ2) is 12.1. The highest BCUT2D eigenvalue weighted by molar-refractivity contribution is 6.30. The second-order valence-electron chi connectivity index (χ2n) is 10.7. The summed E-state index contributed by atoms with van der Waals surface area (Å²) in [4.78, 5) is 22.7. The molecule has 0 saturated carbocycles. The Kier molecular flexibility index (Phi) is 9.02. The first kappa shape index (κ1) is 29.8. The minimum atomic E-state index is -0.832. The maximum absolute atomic E-state index is 14.3. The predicted molar refractivity (Wildman–Crippen MR) is 146 cm³/mol. The van der Waals surface area contributed by atoms with Crippen LogP contribution in [-0.2, 0) is 9.53 Å². The van der Waals surface area contributed by atoms with Crippen LogP contribution < -0.4 is 5.32 Å². The number of carbonyl (C=O) groups excluding carboxylic acids is 1. The van der Waals surface area contributed by atoms with Crippen molar-refractivity contribution >= 4 is 23.4 Å². The molecule has 1 unspecified atom stereocenters. The lowest BCUT2D eigenvalue weighted by Gasteiger charge is -2.46. The molecule has 0 radical (unpaired) electrons. The van der Waals surface area contributed by atoms with Crippen LogP contribution in [0.2, 0.25) is 5.02 Å². The smallest absolute Gasteiger partial charge is 0.337 e. The van der Waals surface area contributed by atoms with E-state index in [2.05, 4.69) is 46.2 Å². The van der Waals surface area contributed by atoms with Gasteiger partial charge in [-0.25, -0.2) is 22.9 Å². The summed E-state index contributed by atoms with van der Waals surface area (Å²) < 4.78 is 44.6. The summed E-state index contributed by atoms with van der Waals surface area (Å²) in [6.07, 6.45) is 6.07. The molecular formula is C29H32ClF3N4O3. The molecule has 40 heavy (non-hydrogen) atoms. The number of benzene rings is 1. The Morgan fingerprint density at radius 3 is 2.62 bits per heavy atom. The van der Waals surface area contributed by atoms with Gasteiger partial charge in [-0.2, -0.15) is 0 Å². The maximum Gasteiger partial charge on any atom is 0.337 e. The van der Waals surface area contributed by atoms with Crippen LogP contribution in [0.15, 0.2) is 64.9 Å². The van der Waals surface area contributed by atoms with Gasteiger partial charge in [0.1, 0.15) is 17.3 Å². The van der Waals surface area contributed by atoms with Crippen LogP contribution in [0.3, 0.4) is 0 Å². The highest BCUT2D eigenvalue weighted by atomic mass is 35.5. The zero-order valence-corrected chi connectivity index (χ0v) is 23.3. The molecule has 1 fully saturated rings. The molecule has 0 bridgehead atoms. The number of nitrogens with zero attached hydrogens (tertiary/aromatic N) is 3. The number of nitrogens with one attached hydrogen (secondary N) is 1. The Morgan fingerprint density at radius 2 is 2.00 bits per heavy atom. The van der Waals surface area contributed by atoms with E-state index < -0.39 is 17.6 Å². The Labute approximate surface area is 236 Å². The van der Waals surface area contributed by atoms with Gasteiger partial charge in [-0.15, -0.1) is 0 Å². The molecule has 11 heteroatoms. The highest BCUT2D eigenvalue weighted by Gasteiger charge is 2.55. The van der Waals surface area contributed by atoms with Gasteiger partial charge in [-0.05, 0) is 35.4 Å². The number of aliphatic imine (C=N–C) groups is 1. The Hall–Kier alpha value is -3.21. The Bertz CT molecular complexity index is 1350. The van der Waals surface area contributed by atoms with Gasteiger partial charge in [0.2, 0.25) is 0 Å². The molecule has 3 heterocycles. The van der Waals surface area contributed by atoms with Crippen LogP contribution in [0.5, 0.6) is 0 Å². The van der Waals surface area contributed by atoms with Gasteiger partial charge in [0, 0.05) is 48.9 Å². The molecule has 1 saturated heterocycles. The van der Waals surface area contributed by atoms with Crippen LogP contribution in [0.4, 0.5) is 13.2 Å². The van der Waals surface area contributed by atoms with Crippen molar-refractivity contribution in [1.82, 2.24) is 15.2 Å². The molecule has 214 valence electrons. The lowest BCUT2D eigenvalue weighted by Crippen LogP contribution is -2.45. The first-order chi connectivity index (χ1) is 19.0. The average molecular weight is 577 g/mol. The van der Waals surface area contributed by atoms with E-state index in [9.17, 15) is 23.1 Å². The number of hydrogen-bond donors (Lipinski definition) is 2. The number of aliphatic hydroxyl groups excluding tert-OH is 1. The number of likely N-dealkylation sites (tertiary alicyclic amines) is 1. The summed E-state index contributed by atoms with van der Waals surface area (Å²) in [7, 11) is 1.30. The van der Waals surface area contributed by atoms with E-state index in [1.165, 1.54) is 19.2 Å². The van der Waals surface area contributed by atoms with Crippen LogP contribution in [0, 0.1) is 34.2 Å². The number of aliphatic hydroxyl groups is 1. The monoisotopic (exact) mass is 576 g/mol. The number of allylic oxidation sites excluding steroid dienone is 1. The van der Waals surface area contributed by atoms with Crippen molar-refractivity contribution < 1.29 is 27.8 Å². The first-order valence-electron chi connectivity index (χ1n) is 12.8. The number of rotatable bonds is 5. The third-order valence-corrected chi connectivity index (χ3v) is 8.35. The molecule has 1 aromatic heterocycles. The fourth-order valence-corrected chi connectivity index (χ4v) is 5.87. The lowest BCUT2D eigenvalue weighted by molar-refractivity contribution is -0.136. The van der Waals surface area contributed by atoms with Gasteiger partial charge < -0.3 is 15.2 Å². The molecule has 0 spiro atoms. The number of ether oxygens (including phenoxy) is 1. The molecule has 3 atom stereocenters. The van der Waals surface area contributed by atoms with Crippen LogP contribution in [0.25, 0.3) is 0 Å². The van der Waals surface area contributed by atoms with Gasteiger partial charge in [0.05, 0.1) is 25.4 Å². The molecule has 3 aliphatic rings. The number of pyridine rings is 1. The van der Waals surface area contributed by atoms with Crippen LogP contribution in [-0.4, -0.2) is 66.7 Å². The van der Waals surface area contributed by atoms with E-state index in [1.807, 2.05) is 0 Å². The molecule has 2 aromatic rings. The zero-order chi connectivity index (χ0) is 29.1. The van der Waals surface area contributed by atoms with E-state index in [-0.39, 0.29) is 47.2 Å². The summed E-state index contributed by atoms with van der Waals surface area (Å²) >= 11 is 5.40. The Balaban J connectivity index is 0.000000398. The number of hydrogen-bond acceptors (Lipinski definition) is 7. The molecule has 7 nitrogen and oxygen atoms in total. The van der Waals surface area contributed by atoms with Gasteiger partial charge in [0.25, 0.3) is 0 Å². The van der Waals surface area contributed by atoms with Crippen LogP contribution in [0.1, 0.15) is 26.0 Å². The fourth-order valence-electron chi connectivity index (χ4n) is 5.69. The molecule has 0 amide bonds. The van der Waals surface area contributed by atoms with E-state index in [1.54, 1.807) is 12.1 Å². The van der Waals surface area contributed by atoms with Crippen LogP contribution >= 0.6 is 11.6 Å². The normalized spacial score (nSPS) is 25.9. The number of esters is 1. The van der Waals surface area contributed by atoms with Crippen molar-refractivity contribution in [2.45, 2.75) is 20.3 Å². The van der Waals surface area contributed by atoms with Gasteiger partial charge in [-0.3, -0.25) is 9.89 Å². The number of amidine groups is 1. The van der Waals surface area contributed by atoms with Crippen molar-refractivity contribution in [3.63, 3.8) is 0 Å². The van der Waals surface area contributed by atoms with Gasteiger partial charge in [0.15, 0.2) is 11.7 Å². The second-order valence-corrected chi connectivity index (χ2v) is 11.1. The number of methoxy groups -OCH3 is 1. The third-order valence-electron chi connectivity index (χ3n) is 8.12. The number of aromatic nitrogens is 1. The molecule has 5 rings (SSSR count). The van der Waals surface area contributed by atoms with E-state index in [0.717, 1.165) is 31.8 Å². The average Bonchev–Trinajstić information content (AvgIpc) is 3.17. The quantitative estimate of drug-likeness (QED) is 0.402. The summed E-state index contributed by atoms with van der Waals surface area (Å²) in [5.41, 5.74) is 0.662. The summed E-state index contributed by atoms with van der Waals surface area (Å²) in [5.74, 6) is -2.21. The van der Waals surface area contributed by atoms with Gasteiger partial charge in [-0.1, -0.05) is 43.7 Å². The third kappa shape index (κ3) is 6.09. The van der Waals surface area contributed by atoms with E-state index >= 15 is 0 Å². The van der Waals surface area contributed by atoms with Crippen molar-refractivity contribution in [3.05, 3.63) is 88.1 Å². The van der Waals surface area contributed by atoms with Crippen molar-refractivity contribution in [3.8, 4) is 0 Å². The zero-order valence-electron chi connectivity index (χ0n) is 22.6. The number of carbonyl (C=O) groups is 1. The largest absolute Gasteiger partial charge is 0.466 e. The number of halogens is 4. The lowest BCUT2D eigenvalue weighted by atomic mass is 9.57. The molecule has 1 aromatic carbocycles. The predicted octanol–water partition coefficient (Wildman–Crippen LogP) is 4.51. The molecule has 2 aliphatic heterocycles. The van der Waals surface area contributed by atoms with Crippen molar-refractivity contribution in [2.24, 2.45) is 21.7 Å². The molecular weight excluding hydrogens is 545 g/mol. The maximum atomic E-state index is 14.3. The van der Waals surface area contributed by atoms with Crippen molar-refractivity contribution in [1.29, 1.82) is 0 Å². The first-order valence-corrected chi connectivity index (χ1v) is 13.2. The van der Waals surface area contributed by atoms with E-state index in [0.29, 0.717) is 22.8 Å². The summed E-state index contributed by atoms with van der Waals surface area (Å²) in [6.45, 7) is 6.42. The summed E-state index contributed by atoms with van der Waals surface area (Å²) in [6, 6.07) is 6.57. The minimum Gasteiger partial charge on any atom is -0.466 e. The standard InChI is InChI=1S/C23H28F2N4O3.C6H4ClF/c1-22-6-4-5-14(11-30)23(22,2)13-29(12-22)10-18-16(21(31)32-3)9-27-20(28-18)19-17(25)7-15(24)8-26-19;7-5-2-1-3-6(8)4-5/h4-5,7-8,14,30H,6,9-13H2,1-3H3,(H,27,28);1-4H/t14-,22-,23?;/m0./s1. The van der Waals surface area contributed by atoms with Crippen molar-refractivity contribution in [2.75, 3.05) is 39.9 Å². The van der Waals surface area contributed by atoms with Gasteiger partial charge >= 0.3 is 5.97 Å². The Morgan fingerprint density at radius 1 is 1.23 bits per heavy atom. The fraction of sp³-hybridized carbons (Fsp3) is 0.414. The highest BCUT2D eigenvalue weighted by Crippen LogP contribution is 2.55. The molecule has 1 aliphatic carbocycles.